The largest absolute Gasteiger partial charge is 0.378 e. The summed E-state index contributed by atoms with van der Waals surface area (Å²) in [5, 5.41) is 0. The summed E-state index contributed by atoms with van der Waals surface area (Å²) in [6, 6.07) is 0. The van der Waals surface area contributed by atoms with Crippen LogP contribution in [-0.2, 0) is 9.47 Å². The summed E-state index contributed by atoms with van der Waals surface area (Å²) in [7, 11) is 0. The molecule has 0 aliphatic carbocycles. The number of ether oxygens (including phenoxy) is 2. The Bertz CT molecular complexity index is 229. The Morgan fingerprint density at radius 2 is 1.93 bits per heavy atom. The molecule has 0 unspecified atom stereocenters. The fourth-order valence-corrected chi connectivity index (χ4v) is 2.03. The maximum absolute atomic E-state index is 5.65. The minimum atomic E-state index is -0.0914. The van der Waals surface area contributed by atoms with Crippen LogP contribution in [-0.4, -0.2) is 43.4 Å². The van der Waals surface area contributed by atoms with Crippen molar-refractivity contribution >= 4 is 0 Å². The third kappa shape index (κ3) is 2.28. The number of hydrogen-bond donors (Lipinski definition) is 0. The van der Waals surface area contributed by atoms with Crippen LogP contribution >= 0.6 is 0 Å². The van der Waals surface area contributed by atoms with Gasteiger partial charge in [0.15, 0.2) is 0 Å². The Hall–Kier alpha value is -0.540. The second-order valence-electron chi connectivity index (χ2n) is 4.44. The normalized spacial score (nSPS) is 27.3. The predicted molar refractivity (Wildman–Crippen MR) is 55.1 cm³/mol. The molecule has 2 aliphatic heterocycles. The molecule has 0 radical (unpaired) electrons. The number of rotatable bonds is 1. The molecule has 1 fully saturated rings. The topological polar surface area (TPSA) is 21.7 Å². The lowest BCUT2D eigenvalue weighted by molar-refractivity contribution is -0.00434. The van der Waals surface area contributed by atoms with E-state index in [2.05, 4.69) is 24.8 Å². The lowest BCUT2D eigenvalue weighted by Gasteiger charge is -2.36. The van der Waals surface area contributed by atoms with Crippen molar-refractivity contribution in [2.75, 3.05) is 32.9 Å². The lowest BCUT2D eigenvalue weighted by atomic mass is 10.0. The van der Waals surface area contributed by atoms with E-state index in [0.29, 0.717) is 0 Å². The van der Waals surface area contributed by atoms with Crippen LogP contribution in [0.1, 0.15) is 20.3 Å². The van der Waals surface area contributed by atoms with Crippen LogP contribution < -0.4 is 0 Å². The van der Waals surface area contributed by atoms with Gasteiger partial charge in [0.1, 0.15) is 0 Å². The Morgan fingerprint density at radius 3 is 2.57 bits per heavy atom. The van der Waals surface area contributed by atoms with Crippen LogP contribution in [0.4, 0.5) is 0 Å². The van der Waals surface area contributed by atoms with Crippen LogP contribution in [0, 0.1) is 0 Å². The molecule has 2 rings (SSSR count). The van der Waals surface area contributed by atoms with Crippen molar-refractivity contribution in [3.05, 3.63) is 11.8 Å². The summed E-state index contributed by atoms with van der Waals surface area (Å²) in [6.45, 7) is 8.86. The van der Waals surface area contributed by atoms with Crippen molar-refractivity contribution in [1.82, 2.24) is 4.90 Å². The Labute approximate surface area is 85.7 Å². The smallest absolute Gasteiger partial charge is 0.0826 e. The van der Waals surface area contributed by atoms with Gasteiger partial charge in [-0.3, -0.25) is 0 Å². The Balaban J connectivity index is 2.05. The quantitative estimate of drug-likeness (QED) is 0.634. The molecule has 0 spiro atoms. The van der Waals surface area contributed by atoms with Crippen LogP contribution in [0.25, 0.3) is 0 Å². The minimum Gasteiger partial charge on any atom is -0.378 e. The van der Waals surface area contributed by atoms with Crippen molar-refractivity contribution in [2.24, 2.45) is 0 Å². The molecule has 14 heavy (non-hydrogen) atoms. The van der Waals surface area contributed by atoms with Crippen LogP contribution in [0.5, 0.6) is 0 Å². The van der Waals surface area contributed by atoms with E-state index in [4.69, 9.17) is 9.47 Å². The van der Waals surface area contributed by atoms with Crippen molar-refractivity contribution in [2.45, 2.75) is 25.9 Å². The van der Waals surface area contributed by atoms with Gasteiger partial charge in [-0.1, -0.05) is 0 Å². The first kappa shape index (κ1) is 9.99. The Kier molecular flexibility index (Phi) is 2.79. The minimum absolute atomic E-state index is 0.0914. The van der Waals surface area contributed by atoms with Gasteiger partial charge in [0, 0.05) is 25.2 Å². The van der Waals surface area contributed by atoms with E-state index < -0.39 is 0 Å². The molecule has 0 N–H and O–H groups in total. The van der Waals surface area contributed by atoms with E-state index in [-0.39, 0.29) is 5.60 Å². The van der Waals surface area contributed by atoms with E-state index in [1.807, 2.05) is 0 Å². The molecular formula is C11H19NO2. The molecule has 2 heterocycles. The molecule has 0 aromatic carbocycles. The molecule has 0 aromatic heterocycles. The summed E-state index contributed by atoms with van der Waals surface area (Å²) in [6.07, 6.45) is 3.30. The van der Waals surface area contributed by atoms with E-state index in [1.165, 1.54) is 5.70 Å². The van der Waals surface area contributed by atoms with E-state index in [1.54, 1.807) is 0 Å². The zero-order valence-corrected chi connectivity index (χ0v) is 9.08. The number of morpholine rings is 1. The molecule has 0 saturated carbocycles. The first-order valence-corrected chi connectivity index (χ1v) is 5.36. The maximum atomic E-state index is 5.65. The molecule has 0 bridgehead atoms. The lowest BCUT2D eigenvalue weighted by Crippen LogP contribution is -2.39. The molecule has 80 valence electrons. The van der Waals surface area contributed by atoms with Gasteiger partial charge < -0.3 is 14.4 Å². The third-order valence-electron chi connectivity index (χ3n) is 2.76. The molecule has 3 nitrogen and oxygen atoms in total. The first-order chi connectivity index (χ1) is 6.67. The van der Waals surface area contributed by atoms with Gasteiger partial charge in [-0.05, 0) is 19.9 Å². The van der Waals surface area contributed by atoms with Gasteiger partial charge in [0.25, 0.3) is 0 Å². The van der Waals surface area contributed by atoms with Crippen LogP contribution in [0.2, 0.25) is 0 Å². The Morgan fingerprint density at radius 1 is 1.21 bits per heavy atom. The van der Waals surface area contributed by atoms with Gasteiger partial charge in [-0.2, -0.15) is 0 Å². The predicted octanol–water partition coefficient (Wildman–Crippen LogP) is 1.40. The molecule has 0 aromatic rings. The average molecular weight is 197 g/mol. The monoisotopic (exact) mass is 197 g/mol. The molecule has 1 saturated heterocycles. The molecule has 0 atom stereocenters. The molecule has 2 aliphatic rings. The SMILES string of the molecule is CC1(C)C=C(N2CCOCC2)CCO1. The van der Waals surface area contributed by atoms with Crippen molar-refractivity contribution in [3.8, 4) is 0 Å². The zero-order chi connectivity index (χ0) is 10.0. The fraction of sp³-hybridized carbons (Fsp3) is 0.818. The van der Waals surface area contributed by atoms with Gasteiger partial charge >= 0.3 is 0 Å². The van der Waals surface area contributed by atoms with E-state index >= 15 is 0 Å². The third-order valence-corrected chi connectivity index (χ3v) is 2.76. The zero-order valence-electron chi connectivity index (χ0n) is 9.08. The van der Waals surface area contributed by atoms with Gasteiger partial charge in [0.2, 0.25) is 0 Å². The summed E-state index contributed by atoms with van der Waals surface area (Å²) >= 11 is 0. The van der Waals surface area contributed by atoms with Gasteiger partial charge in [0.05, 0.1) is 25.4 Å². The van der Waals surface area contributed by atoms with Gasteiger partial charge in [-0.25, -0.2) is 0 Å². The van der Waals surface area contributed by atoms with Crippen LogP contribution in [0.3, 0.4) is 0 Å². The maximum Gasteiger partial charge on any atom is 0.0826 e. The highest BCUT2D eigenvalue weighted by Crippen LogP contribution is 2.24. The average Bonchev–Trinajstić information content (AvgIpc) is 2.18. The van der Waals surface area contributed by atoms with Crippen molar-refractivity contribution < 1.29 is 9.47 Å². The number of nitrogens with zero attached hydrogens (tertiary/aromatic N) is 1. The van der Waals surface area contributed by atoms with Gasteiger partial charge in [-0.15, -0.1) is 0 Å². The number of hydrogen-bond acceptors (Lipinski definition) is 3. The summed E-state index contributed by atoms with van der Waals surface area (Å²) in [5.41, 5.74) is 1.34. The highest BCUT2D eigenvalue weighted by Gasteiger charge is 2.24. The molecular weight excluding hydrogens is 178 g/mol. The standard InChI is InChI=1S/C11H19NO2/c1-11(2)9-10(3-6-14-11)12-4-7-13-8-5-12/h9H,3-8H2,1-2H3. The van der Waals surface area contributed by atoms with Crippen LogP contribution in [0.15, 0.2) is 11.8 Å². The van der Waals surface area contributed by atoms with Crippen molar-refractivity contribution in [3.63, 3.8) is 0 Å². The van der Waals surface area contributed by atoms with E-state index in [9.17, 15) is 0 Å². The van der Waals surface area contributed by atoms with E-state index in [0.717, 1.165) is 39.3 Å². The first-order valence-electron chi connectivity index (χ1n) is 5.36. The summed E-state index contributed by atoms with van der Waals surface area (Å²) in [4.78, 5) is 2.42. The fourth-order valence-electron chi connectivity index (χ4n) is 2.03. The second-order valence-corrected chi connectivity index (χ2v) is 4.44. The second kappa shape index (κ2) is 3.91. The summed E-state index contributed by atoms with van der Waals surface area (Å²) < 4.78 is 11.0. The highest BCUT2D eigenvalue weighted by molar-refractivity contribution is 5.12. The highest BCUT2D eigenvalue weighted by atomic mass is 16.5. The van der Waals surface area contributed by atoms with Crippen molar-refractivity contribution in [1.29, 1.82) is 0 Å². The molecule has 0 amide bonds. The molecule has 3 heteroatoms. The summed E-state index contributed by atoms with van der Waals surface area (Å²) in [5.74, 6) is 0.